The Labute approximate surface area is 111 Å². The van der Waals surface area contributed by atoms with Crippen molar-refractivity contribution in [3.63, 3.8) is 0 Å². The summed E-state index contributed by atoms with van der Waals surface area (Å²) in [5.41, 5.74) is 2.25. The number of ether oxygens (including phenoxy) is 1. The van der Waals surface area contributed by atoms with Crippen LogP contribution < -0.4 is 10.3 Å². The molecule has 0 aliphatic rings. The van der Waals surface area contributed by atoms with E-state index in [1.54, 1.807) is 44.5 Å². The molecule has 96 valence electrons. The van der Waals surface area contributed by atoms with Crippen molar-refractivity contribution in [1.82, 2.24) is 4.57 Å². The molecule has 0 aliphatic heterocycles. The molecule has 2 rings (SSSR count). The van der Waals surface area contributed by atoms with Gasteiger partial charge in [-0.25, -0.2) is 0 Å². The maximum absolute atomic E-state index is 12.2. The van der Waals surface area contributed by atoms with Crippen molar-refractivity contribution in [1.29, 1.82) is 5.26 Å². The van der Waals surface area contributed by atoms with Crippen LogP contribution in [0, 0.1) is 25.2 Å². The summed E-state index contributed by atoms with van der Waals surface area (Å²) in [5, 5.41) is 9.09. The topological polar surface area (TPSA) is 55.0 Å². The third-order valence-electron chi connectivity index (χ3n) is 3.18. The first-order valence-electron chi connectivity index (χ1n) is 5.86. The Hall–Kier alpha value is -2.54. The summed E-state index contributed by atoms with van der Waals surface area (Å²) >= 11 is 0. The van der Waals surface area contributed by atoms with Gasteiger partial charge in [-0.1, -0.05) is 0 Å². The standard InChI is InChI=1S/C15H14N2O2/c1-10-9-17(15(18)14(8-16)11(10)2)12-4-6-13(19-3)7-5-12/h4-7,9H,1-3H3. The van der Waals surface area contributed by atoms with Gasteiger partial charge in [0.15, 0.2) is 0 Å². The summed E-state index contributed by atoms with van der Waals surface area (Å²) in [4.78, 5) is 12.2. The predicted molar refractivity (Wildman–Crippen MR) is 72.8 cm³/mol. The zero-order valence-electron chi connectivity index (χ0n) is 11.1. The zero-order valence-corrected chi connectivity index (χ0v) is 11.1. The minimum absolute atomic E-state index is 0.191. The number of aryl methyl sites for hydroxylation is 1. The molecule has 0 fully saturated rings. The van der Waals surface area contributed by atoms with Gasteiger partial charge in [-0.3, -0.25) is 9.36 Å². The van der Waals surface area contributed by atoms with E-state index in [0.29, 0.717) is 5.69 Å². The first-order valence-corrected chi connectivity index (χ1v) is 5.86. The highest BCUT2D eigenvalue weighted by Crippen LogP contribution is 2.16. The van der Waals surface area contributed by atoms with Crippen LogP contribution in [-0.4, -0.2) is 11.7 Å². The lowest BCUT2D eigenvalue weighted by Gasteiger charge is -2.10. The molecular formula is C15H14N2O2. The number of pyridine rings is 1. The fourth-order valence-corrected chi connectivity index (χ4v) is 1.89. The van der Waals surface area contributed by atoms with Crippen LogP contribution >= 0.6 is 0 Å². The number of rotatable bonds is 2. The van der Waals surface area contributed by atoms with Crippen LogP contribution in [-0.2, 0) is 0 Å². The second-order valence-electron chi connectivity index (χ2n) is 4.30. The number of nitrogens with zero attached hydrogens (tertiary/aromatic N) is 2. The summed E-state index contributed by atoms with van der Waals surface area (Å²) in [5.74, 6) is 0.723. The third kappa shape index (κ3) is 2.23. The highest BCUT2D eigenvalue weighted by molar-refractivity contribution is 5.44. The van der Waals surface area contributed by atoms with E-state index in [1.165, 1.54) is 4.57 Å². The zero-order chi connectivity index (χ0) is 14.0. The number of aromatic nitrogens is 1. The first-order chi connectivity index (χ1) is 9.08. The predicted octanol–water partition coefficient (Wildman–Crippen LogP) is 2.33. The molecule has 0 unspecified atom stereocenters. The van der Waals surface area contributed by atoms with Gasteiger partial charge in [0.05, 0.1) is 7.11 Å². The molecular weight excluding hydrogens is 240 g/mol. The lowest BCUT2D eigenvalue weighted by atomic mass is 10.1. The first kappa shape index (κ1) is 12.9. The van der Waals surface area contributed by atoms with Crippen molar-refractivity contribution >= 4 is 0 Å². The van der Waals surface area contributed by atoms with Gasteiger partial charge < -0.3 is 4.74 Å². The number of methoxy groups -OCH3 is 1. The second-order valence-corrected chi connectivity index (χ2v) is 4.30. The molecule has 0 amide bonds. The number of nitriles is 1. The maximum atomic E-state index is 12.2. The van der Waals surface area contributed by atoms with Gasteiger partial charge in [-0.2, -0.15) is 5.26 Å². The Morgan fingerprint density at radius 1 is 1.21 bits per heavy atom. The van der Waals surface area contributed by atoms with Crippen LogP contribution in [0.1, 0.15) is 16.7 Å². The van der Waals surface area contributed by atoms with Gasteiger partial charge in [-0.15, -0.1) is 0 Å². The number of hydrogen-bond donors (Lipinski definition) is 0. The molecule has 4 heteroatoms. The Balaban J connectivity index is 2.66. The van der Waals surface area contributed by atoms with Crippen LogP contribution in [0.3, 0.4) is 0 Å². The van der Waals surface area contributed by atoms with E-state index in [4.69, 9.17) is 10.00 Å². The Kier molecular flexibility index (Phi) is 3.39. The van der Waals surface area contributed by atoms with Gasteiger partial charge in [0.1, 0.15) is 17.4 Å². The van der Waals surface area contributed by atoms with E-state index in [1.807, 2.05) is 13.0 Å². The molecule has 0 radical (unpaired) electrons. The molecule has 4 nitrogen and oxygen atoms in total. The summed E-state index contributed by atoms with van der Waals surface area (Å²) in [6.45, 7) is 3.67. The van der Waals surface area contributed by atoms with Gasteiger partial charge in [0, 0.05) is 11.9 Å². The lowest BCUT2D eigenvalue weighted by Crippen LogP contribution is -2.22. The van der Waals surface area contributed by atoms with Crippen LogP contribution in [0.2, 0.25) is 0 Å². The van der Waals surface area contributed by atoms with Crippen molar-refractivity contribution in [2.75, 3.05) is 7.11 Å². The molecule has 0 bridgehead atoms. The Bertz CT molecular complexity index is 707. The summed E-state index contributed by atoms with van der Waals surface area (Å²) in [7, 11) is 1.59. The third-order valence-corrected chi connectivity index (χ3v) is 3.18. The second kappa shape index (κ2) is 4.99. The molecule has 0 aliphatic carbocycles. The maximum Gasteiger partial charge on any atom is 0.273 e. The molecule has 1 aromatic heterocycles. The van der Waals surface area contributed by atoms with Gasteiger partial charge in [-0.05, 0) is 49.2 Å². The Morgan fingerprint density at radius 2 is 1.84 bits per heavy atom. The van der Waals surface area contributed by atoms with Crippen LogP contribution in [0.25, 0.3) is 5.69 Å². The smallest absolute Gasteiger partial charge is 0.273 e. The van der Waals surface area contributed by atoms with Crippen molar-refractivity contribution in [3.8, 4) is 17.5 Å². The molecule has 0 N–H and O–H groups in total. The minimum atomic E-state index is -0.296. The summed E-state index contributed by atoms with van der Waals surface area (Å²) in [6, 6.07) is 9.12. The number of hydrogen-bond acceptors (Lipinski definition) is 3. The molecule has 19 heavy (non-hydrogen) atoms. The monoisotopic (exact) mass is 254 g/mol. The van der Waals surface area contributed by atoms with Crippen molar-refractivity contribution in [2.24, 2.45) is 0 Å². The molecule has 1 heterocycles. The van der Waals surface area contributed by atoms with E-state index in [2.05, 4.69) is 0 Å². The highest BCUT2D eigenvalue weighted by atomic mass is 16.5. The molecule has 1 aromatic carbocycles. The average molecular weight is 254 g/mol. The van der Waals surface area contributed by atoms with Crippen LogP contribution in [0.4, 0.5) is 0 Å². The SMILES string of the molecule is COc1ccc(-n2cc(C)c(C)c(C#N)c2=O)cc1. The van der Waals surface area contributed by atoms with E-state index in [9.17, 15) is 4.79 Å². The molecule has 0 spiro atoms. The van der Waals surface area contributed by atoms with E-state index in [0.717, 1.165) is 16.9 Å². The highest BCUT2D eigenvalue weighted by Gasteiger charge is 2.10. The fourth-order valence-electron chi connectivity index (χ4n) is 1.89. The van der Waals surface area contributed by atoms with Crippen LogP contribution in [0.5, 0.6) is 5.75 Å². The van der Waals surface area contributed by atoms with Gasteiger partial charge in [0.2, 0.25) is 0 Å². The summed E-state index contributed by atoms with van der Waals surface area (Å²) < 4.78 is 6.57. The largest absolute Gasteiger partial charge is 0.497 e. The fraction of sp³-hybridized carbons (Fsp3) is 0.200. The van der Waals surface area contributed by atoms with E-state index in [-0.39, 0.29) is 11.1 Å². The molecule has 0 saturated heterocycles. The molecule has 0 atom stereocenters. The molecule has 2 aromatic rings. The van der Waals surface area contributed by atoms with Crippen molar-refractivity contribution < 1.29 is 4.74 Å². The normalized spacial score (nSPS) is 10.0. The Morgan fingerprint density at radius 3 is 2.37 bits per heavy atom. The van der Waals surface area contributed by atoms with Gasteiger partial charge in [0.25, 0.3) is 5.56 Å². The van der Waals surface area contributed by atoms with Crippen LogP contribution in [0.15, 0.2) is 35.3 Å². The van der Waals surface area contributed by atoms with E-state index < -0.39 is 0 Å². The summed E-state index contributed by atoms with van der Waals surface area (Å²) in [6.07, 6.45) is 1.75. The molecule has 0 saturated carbocycles. The van der Waals surface area contributed by atoms with Crippen molar-refractivity contribution in [2.45, 2.75) is 13.8 Å². The average Bonchev–Trinajstić information content (AvgIpc) is 2.44. The van der Waals surface area contributed by atoms with Gasteiger partial charge >= 0.3 is 0 Å². The number of benzene rings is 1. The lowest BCUT2D eigenvalue weighted by molar-refractivity contribution is 0.414. The van der Waals surface area contributed by atoms with E-state index >= 15 is 0 Å². The van der Waals surface area contributed by atoms with Crippen molar-refractivity contribution in [3.05, 3.63) is 57.5 Å². The quantitative estimate of drug-likeness (QED) is 0.826. The minimum Gasteiger partial charge on any atom is -0.497 e.